The highest BCUT2D eigenvalue weighted by atomic mass is 32.2. The molecule has 0 bridgehead atoms. The molecule has 3 heterocycles. The van der Waals surface area contributed by atoms with E-state index in [1.54, 1.807) is 58.3 Å². The van der Waals surface area contributed by atoms with Gasteiger partial charge in [-0.1, -0.05) is 18.2 Å². The van der Waals surface area contributed by atoms with Crippen LogP contribution in [0.25, 0.3) is 0 Å². The van der Waals surface area contributed by atoms with Crippen molar-refractivity contribution < 1.29 is 18.0 Å². The number of hydrogen-bond acceptors (Lipinski definition) is 7. The Labute approximate surface area is 202 Å². The highest BCUT2D eigenvalue weighted by molar-refractivity contribution is 7.91. The van der Waals surface area contributed by atoms with Gasteiger partial charge < -0.3 is 9.80 Å². The molecule has 3 aromatic rings. The quantitative estimate of drug-likeness (QED) is 0.538. The molecule has 0 atom stereocenters. The van der Waals surface area contributed by atoms with Crippen LogP contribution in [-0.4, -0.2) is 85.2 Å². The largest absolute Gasteiger partial charge is 0.335 e. The minimum atomic E-state index is -3.60. The van der Waals surface area contributed by atoms with Gasteiger partial charge in [0, 0.05) is 56.3 Å². The van der Waals surface area contributed by atoms with E-state index in [4.69, 9.17) is 0 Å². The Morgan fingerprint density at radius 3 is 2.09 bits per heavy atom. The van der Waals surface area contributed by atoms with Crippen LogP contribution in [0, 0.1) is 0 Å². The van der Waals surface area contributed by atoms with Gasteiger partial charge in [-0.3, -0.25) is 14.5 Å². The van der Waals surface area contributed by atoms with E-state index >= 15 is 0 Å². The molecule has 0 aliphatic carbocycles. The fourth-order valence-electron chi connectivity index (χ4n) is 4.32. The van der Waals surface area contributed by atoms with Crippen molar-refractivity contribution in [3.05, 3.63) is 76.7 Å². The highest BCUT2D eigenvalue weighted by Gasteiger charge is 2.37. The zero-order valence-electron chi connectivity index (χ0n) is 18.4. The zero-order valence-corrected chi connectivity index (χ0v) is 20.0. The summed E-state index contributed by atoms with van der Waals surface area (Å²) in [5.41, 5.74) is 2.64. The Morgan fingerprint density at radius 1 is 0.824 bits per heavy atom. The first kappa shape index (κ1) is 22.7. The molecule has 34 heavy (non-hydrogen) atoms. The van der Waals surface area contributed by atoms with Crippen LogP contribution in [0.1, 0.15) is 20.8 Å². The van der Waals surface area contributed by atoms with Crippen molar-refractivity contribution in [1.29, 1.82) is 0 Å². The van der Waals surface area contributed by atoms with E-state index in [0.29, 0.717) is 37.4 Å². The Hall–Kier alpha value is -3.08. The molecule has 0 unspecified atom stereocenters. The van der Waals surface area contributed by atoms with Gasteiger partial charge in [0.1, 0.15) is 5.69 Å². The fraction of sp³-hybridized carbons (Fsp3) is 0.292. The van der Waals surface area contributed by atoms with Gasteiger partial charge in [-0.2, -0.15) is 0 Å². The molecular weight excluding hydrogens is 472 g/mol. The highest BCUT2D eigenvalue weighted by Crippen LogP contribution is 2.23. The molecule has 2 saturated heterocycles. The minimum absolute atomic E-state index is 0.0240. The lowest BCUT2D eigenvalue weighted by Crippen LogP contribution is -2.64. The molecule has 2 amide bonds. The van der Waals surface area contributed by atoms with Crippen molar-refractivity contribution in [1.82, 2.24) is 19.7 Å². The number of carbonyl (C=O) groups is 2. The van der Waals surface area contributed by atoms with Gasteiger partial charge in [-0.15, -0.1) is 11.3 Å². The van der Waals surface area contributed by atoms with Crippen LogP contribution in [0.15, 0.2) is 75.3 Å². The smallest absolute Gasteiger partial charge is 0.273 e. The van der Waals surface area contributed by atoms with E-state index in [1.165, 1.54) is 23.5 Å². The summed E-state index contributed by atoms with van der Waals surface area (Å²) in [6, 6.07) is 14.7. The molecule has 2 aliphatic heterocycles. The Kier molecular flexibility index (Phi) is 6.20. The van der Waals surface area contributed by atoms with Crippen molar-refractivity contribution in [2.45, 2.75) is 15.8 Å². The minimum Gasteiger partial charge on any atom is -0.335 e. The lowest BCUT2D eigenvalue weighted by Gasteiger charge is -2.48. The van der Waals surface area contributed by atoms with Crippen LogP contribution < -0.4 is 0 Å². The number of amides is 2. The first-order valence-corrected chi connectivity index (χ1v) is 13.5. The third kappa shape index (κ3) is 4.36. The lowest BCUT2D eigenvalue weighted by molar-refractivity contribution is 0.00843. The van der Waals surface area contributed by atoms with E-state index in [1.807, 2.05) is 4.90 Å². The van der Waals surface area contributed by atoms with Crippen LogP contribution >= 0.6 is 11.3 Å². The number of likely N-dealkylation sites (tertiary alicyclic amines) is 1. The second-order valence-corrected chi connectivity index (χ2v) is 11.1. The van der Waals surface area contributed by atoms with Crippen LogP contribution in [0.3, 0.4) is 0 Å². The summed E-state index contributed by atoms with van der Waals surface area (Å²) in [4.78, 5) is 35.7. The molecular formula is C24H24N4O4S2. The van der Waals surface area contributed by atoms with E-state index < -0.39 is 9.84 Å². The van der Waals surface area contributed by atoms with Crippen molar-refractivity contribution in [3.63, 3.8) is 0 Å². The SMILES string of the molecule is O=C(c1ccc(S(=O)(=O)c2ccccc2)cc1)N1CC(N2CCN(C(=O)c3cscn3)CC2)C1. The molecule has 0 N–H and O–H groups in total. The molecule has 0 spiro atoms. The van der Waals surface area contributed by atoms with Gasteiger partial charge in [-0.05, 0) is 36.4 Å². The molecule has 176 valence electrons. The summed E-state index contributed by atoms with van der Waals surface area (Å²) in [6.45, 7) is 4.10. The number of thiazole rings is 1. The standard InChI is InChI=1S/C24H24N4O4S2/c29-23(18-6-8-21(9-7-18)34(31,32)20-4-2-1-3-5-20)28-14-19(15-28)26-10-12-27(13-11-26)24(30)22-16-33-17-25-22/h1-9,16-17,19H,10-15H2. The number of benzene rings is 2. The van der Waals surface area contributed by atoms with Crippen molar-refractivity contribution in [2.75, 3.05) is 39.3 Å². The predicted molar refractivity (Wildman–Crippen MR) is 128 cm³/mol. The Morgan fingerprint density at radius 2 is 1.47 bits per heavy atom. The summed E-state index contributed by atoms with van der Waals surface area (Å²) in [7, 11) is -3.60. The van der Waals surface area contributed by atoms with Gasteiger partial charge in [0.2, 0.25) is 9.84 Å². The average molecular weight is 497 g/mol. The third-order valence-corrected chi connectivity index (χ3v) is 8.76. The maximum absolute atomic E-state index is 12.9. The van der Waals surface area contributed by atoms with Crippen LogP contribution in [0.4, 0.5) is 0 Å². The van der Waals surface area contributed by atoms with E-state index in [2.05, 4.69) is 9.88 Å². The van der Waals surface area contributed by atoms with Crippen LogP contribution in [-0.2, 0) is 9.84 Å². The molecule has 0 saturated carbocycles. The topological polar surface area (TPSA) is 90.9 Å². The van der Waals surface area contributed by atoms with Gasteiger partial charge in [-0.25, -0.2) is 13.4 Å². The van der Waals surface area contributed by atoms with E-state index in [9.17, 15) is 18.0 Å². The van der Waals surface area contributed by atoms with Crippen LogP contribution in [0.2, 0.25) is 0 Å². The maximum Gasteiger partial charge on any atom is 0.273 e. The van der Waals surface area contributed by atoms with Crippen LogP contribution in [0.5, 0.6) is 0 Å². The molecule has 10 heteroatoms. The van der Waals surface area contributed by atoms with Gasteiger partial charge >= 0.3 is 0 Å². The predicted octanol–water partition coefficient (Wildman–Crippen LogP) is 2.26. The van der Waals surface area contributed by atoms with E-state index in [-0.39, 0.29) is 27.6 Å². The summed E-state index contributed by atoms with van der Waals surface area (Å²) >= 11 is 1.42. The number of aromatic nitrogens is 1. The summed E-state index contributed by atoms with van der Waals surface area (Å²) in [5, 5.41) is 1.77. The first-order valence-electron chi connectivity index (χ1n) is 11.0. The maximum atomic E-state index is 12.9. The summed E-state index contributed by atoms with van der Waals surface area (Å²) in [6.07, 6.45) is 0. The van der Waals surface area contributed by atoms with Gasteiger partial charge in [0.15, 0.2) is 0 Å². The second-order valence-electron chi connectivity index (χ2n) is 8.41. The number of nitrogens with zero attached hydrogens (tertiary/aromatic N) is 4. The Balaban J connectivity index is 1.14. The second kappa shape index (κ2) is 9.28. The molecule has 1 aromatic heterocycles. The Bertz CT molecular complexity index is 1260. The number of hydrogen-bond donors (Lipinski definition) is 0. The normalized spacial score (nSPS) is 17.4. The van der Waals surface area contributed by atoms with Crippen molar-refractivity contribution >= 4 is 33.0 Å². The molecule has 0 radical (unpaired) electrons. The summed E-state index contributed by atoms with van der Waals surface area (Å²) in [5.74, 6) is -0.124. The monoisotopic (exact) mass is 496 g/mol. The van der Waals surface area contributed by atoms with E-state index in [0.717, 1.165) is 13.1 Å². The zero-order chi connectivity index (χ0) is 23.7. The lowest BCUT2D eigenvalue weighted by atomic mass is 10.0. The molecule has 5 rings (SSSR count). The number of rotatable bonds is 5. The molecule has 2 fully saturated rings. The fourth-order valence-corrected chi connectivity index (χ4v) is 6.13. The number of sulfone groups is 1. The first-order chi connectivity index (χ1) is 16.4. The van der Waals surface area contributed by atoms with Crippen molar-refractivity contribution in [3.8, 4) is 0 Å². The van der Waals surface area contributed by atoms with Crippen molar-refractivity contribution in [2.24, 2.45) is 0 Å². The molecule has 2 aromatic carbocycles. The third-order valence-electron chi connectivity index (χ3n) is 6.38. The van der Waals surface area contributed by atoms with Gasteiger partial charge in [0.25, 0.3) is 11.8 Å². The molecule has 2 aliphatic rings. The van der Waals surface area contributed by atoms with Gasteiger partial charge in [0.05, 0.1) is 15.3 Å². The number of piperazine rings is 1. The summed E-state index contributed by atoms with van der Waals surface area (Å²) < 4.78 is 25.5. The average Bonchev–Trinajstić information content (AvgIpc) is 3.39. The molecule has 8 nitrogen and oxygen atoms in total. The number of carbonyl (C=O) groups excluding carboxylic acids is 2.